The Hall–Kier alpha value is -2.85. The number of aryl methyl sites for hydroxylation is 1. The Balaban J connectivity index is 2.00. The van der Waals surface area contributed by atoms with Gasteiger partial charge in [-0.15, -0.1) is 0 Å². The monoisotopic (exact) mass is 364 g/mol. The van der Waals surface area contributed by atoms with E-state index in [1.807, 2.05) is 30.3 Å². The van der Waals surface area contributed by atoms with Crippen molar-refractivity contribution in [2.45, 2.75) is 13.3 Å². The molecule has 0 aliphatic rings. The lowest BCUT2D eigenvalue weighted by Gasteiger charge is -2.10. The van der Waals surface area contributed by atoms with Gasteiger partial charge in [-0.1, -0.05) is 54.9 Å². The molecule has 0 radical (unpaired) electrons. The average molecular weight is 365 g/mol. The van der Waals surface area contributed by atoms with Crippen LogP contribution in [0.15, 0.2) is 54.6 Å². The van der Waals surface area contributed by atoms with Crippen molar-refractivity contribution >= 4 is 33.9 Å². The quantitative estimate of drug-likeness (QED) is 0.481. The third-order valence-corrected chi connectivity index (χ3v) is 4.90. The number of benzene rings is 2. The zero-order valence-electron chi connectivity index (χ0n) is 14.5. The Morgan fingerprint density at radius 2 is 1.92 bits per heavy atom. The fourth-order valence-electron chi connectivity index (χ4n) is 3.17. The Morgan fingerprint density at radius 3 is 2.62 bits per heavy atom. The molecule has 0 fully saturated rings. The van der Waals surface area contributed by atoms with Crippen LogP contribution in [-0.4, -0.2) is 22.3 Å². The number of halogens is 1. The number of fused-ring (bicyclic) bond motifs is 3. The van der Waals surface area contributed by atoms with Crippen LogP contribution >= 0.6 is 11.6 Å². The zero-order chi connectivity index (χ0) is 18.3. The number of pyridine rings is 1. The van der Waals surface area contributed by atoms with Gasteiger partial charge in [-0.25, -0.2) is 4.98 Å². The molecule has 0 atom stereocenters. The van der Waals surface area contributed by atoms with Gasteiger partial charge in [0.05, 0.1) is 12.6 Å². The zero-order valence-corrected chi connectivity index (χ0v) is 15.2. The third-order valence-electron chi connectivity index (χ3n) is 4.55. The number of rotatable bonds is 4. The number of ether oxygens (including phenoxy) is 1. The van der Waals surface area contributed by atoms with Gasteiger partial charge in [0, 0.05) is 17.0 Å². The molecule has 0 bridgehead atoms. The van der Waals surface area contributed by atoms with Crippen molar-refractivity contribution in [3.05, 3.63) is 76.6 Å². The highest BCUT2D eigenvalue weighted by molar-refractivity contribution is 6.34. The lowest BCUT2D eigenvalue weighted by atomic mass is 10.1. The number of hydrogen-bond acceptors (Lipinski definition) is 3. The number of ketones is 1. The topological polar surface area (TPSA) is 43.6 Å². The van der Waals surface area contributed by atoms with Crippen molar-refractivity contribution in [2.75, 3.05) is 7.11 Å². The van der Waals surface area contributed by atoms with E-state index in [1.54, 1.807) is 23.6 Å². The van der Waals surface area contributed by atoms with Gasteiger partial charge in [0.25, 0.3) is 0 Å². The summed E-state index contributed by atoms with van der Waals surface area (Å²) < 4.78 is 7.35. The molecule has 2 aromatic carbocycles. The summed E-state index contributed by atoms with van der Waals surface area (Å²) in [5.41, 5.74) is 3.45. The SMILES string of the molecule is CCc1ccc2c(c1)c(OC)cc1nc(C(=O)c3ccccc3)c(Cl)n12. The van der Waals surface area contributed by atoms with Crippen LogP contribution in [0.2, 0.25) is 5.15 Å². The summed E-state index contributed by atoms with van der Waals surface area (Å²) in [7, 11) is 1.63. The largest absolute Gasteiger partial charge is 0.496 e. The van der Waals surface area contributed by atoms with Crippen molar-refractivity contribution in [1.29, 1.82) is 0 Å². The van der Waals surface area contributed by atoms with Crippen LogP contribution in [0, 0.1) is 0 Å². The molecule has 0 amide bonds. The van der Waals surface area contributed by atoms with Gasteiger partial charge < -0.3 is 4.74 Å². The average Bonchev–Trinajstić information content (AvgIpc) is 3.03. The molecule has 2 heterocycles. The molecule has 4 aromatic rings. The predicted octanol–water partition coefficient (Wildman–Crippen LogP) is 4.94. The van der Waals surface area contributed by atoms with E-state index in [-0.39, 0.29) is 11.5 Å². The molecular weight excluding hydrogens is 348 g/mol. The molecule has 0 saturated carbocycles. The number of aromatic nitrogens is 2. The van der Waals surface area contributed by atoms with Crippen LogP contribution in [-0.2, 0) is 6.42 Å². The van der Waals surface area contributed by atoms with Crippen LogP contribution in [0.5, 0.6) is 5.75 Å². The van der Waals surface area contributed by atoms with Gasteiger partial charge in [0.15, 0.2) is 0 Å². The molecule has 5 heteroatoms. The maximum atomic E-state index is 12.8. The minimum Gasteiger partial charge on any atom is -0.496 e. The Bertz CT molecular complexity index is 1130. The van der Waals surface area contributed by atoms with E-state index in [0.717, 1.165) is 17.3 Å². The predicted molar refractivity (Wildman–Crippen MR) is 104 cm³/mol. The number of nitrogens with zero attached hydrogens (tertiary/aromatic N) is 2. The van der Waals surface area contributed by atoms with E-state index < -0.39 is 0 Å². The summed E-state index contributed by atoms with van der Waals surface area (Å²) in [5.74, 6) is 0.514. The van der Waals surface area contributed by atoms with Crippen LogP contribution in [0.1, 0.15) is 28.5 Å². The molecular formula is C21H17ClN2O2. The van der Waals surface area contributed by atoms with E-state index in [9.17, 15) is 4.79 Å². The molecule has 0 unspecified atom stereocenters. The molecule has 0 aliphatic carbocycles. The lowest BCUT2D eigenvalue weighted by molar-refractivity contribution is 0.103. The van der Waals surface area contributed by atoms with E-state index in [4.69, 9.17) is 16.3 Å². The van der Waals surface area contributed by atoms with Gasteiger partial charge in [-0.2, -0.15) is 0 Å². The summed E-state index contributed by atoms with van der Waals surface area (Å²) in [6.07, 6.45) is 0.923. The Morgan fingerprint density at radius 1 is 1.15 bits per heavy atom. The van der Waals surface area contributed by atoms with E-state index in [2.05, 4.69) is 24.0 Å². The highest BCUT2D eigenvalue weighted by Gasteiger charge is 2.21. The van der Waals surface area contributed by atoms with Crippen LogP contribution in [0.25, 0.3) is 16.6 Å². The molecule has 0 saturated heterocycles. The summed E-state index contributed by atoms with van der Waals surface area (Å²) in [6, 6.07) is 17.0. The maximum absolute atomic E-state index is 12.8. The molecule has 0 spiro atoms. The lowest BCUT2D eigenvalue weighted by Crippen LogP contribution is -2.02. The van der Waals surface area contributed by atoms with Gasteiger partial charge in [-0.3, -0.25) is 9.20 Å². The standard InChI is InChI=1S/C21H17ClN2O2/c1-3-13-9-10-16-15(11-13)17(26-2)12-18-23-19(21(22)24(16)18)20(25)14-7-5-4-6-8-14/h4-12H,3H2,1-2H3. The van der Waals surface area contributed by atoms with Crippen molar-refractivity contribution in [3.8, 4) is 5.75 Å². The molecule has 26 heavy (non-hydrogen) atoms. The van der Waals surface area contributed by atoms with Crippen molar-refractivity contribution in [2.24, 2.45) is 0 Å². The number of imidazole rings is 1. The van der Waals surface area contributed by atoms with Crippen molar-refractivity contribution < 1.29 is 9.53 Å². The normalized spacial score (nSPS) is 11.2. The number of carbonyl (C=O) groups excluding carboxylic acids is 1. The van der Waals surface area contributed by atoms with Crippen LogP contribution < -0.4 is 4.74 Å². The Labute approximate surface area is 156 Å². The van der Waals surface area contributed by atoms with Gasteiger partial charge in [-0.05, 0) is 24.1 Å². The summed E-state index contributed by atoms with van der Waals surface area (Å²) in [5, 5.41) is 1.25. The van der Waals surface area contributed by atoms with Gasteiger partial charge in [0.2, 0.25) is 5.78 Å². The number of methoxy groups -OCH3 is 1. The molecule has 130 valence electrons. The number of carbonyl (C=O) groups is 1. The van der Waals surface area contributed by atoms with Crippen LogP contribution in [0.4, 0.5) is 0 Å². The summed E-state index contributed by atoms with van der Waals surface area (Å²) >= 11 is 6.59. The first-order valence-corrected chi connectivity index (χ1v) is 8.79. The molecule has 0 N–H and O–H groups in total. The minimum atomic E-state index is -0.198. The minimum absolute atomic E-state index is 0.198. The first-order valence-electron chi connectivity index (χ1n) is 8.41. The Kier molecular flexibility index (Phi) is 4.13. The van der Waals surface area contributed by atoms with Gasteiger partial charge >= 0.3 is 0 Å². The second kappa shape index (κ2) is 6.46. The van der Waals surface area contributed by atoms with E-state index >= 15 is 0 Å². The molecule has 0 aliphatic heterocycles. The second-order valence-electron chi connectivity index (χ2n) is 6.06. The molecule has 4 nitrogen and oxygen atoms in total. The van der Waals surface area contributed by atoms with E-state index in [1.165, 1.54) is 5.56 Å². The first-order chi connectivity index (χ1) is 12.6. The van der Waals surface area contributed by atoms with Gasteiger partial charge in [0.1, 0.15) is 22.2 Å². The fraction of sp³-hybridized carbons (Fsp3) is 0.143. The smallest absolute Gasteiger partial charge is 0.214 e. The fourth-order valence-corrected chi connectivity index (χ4v) is 3.48. The van der Waals surface area contributed by atoms with Crippen molar-refractivity contribution in [1.82, 2.24) is 9.38 Å². The molecule has 2 aromatic heterocycles. The third kappa shape index (κ3) is 2.54. The maximum Gasteiger partial charge on any atom is 0.214 e. The summed E-state index contributed by atoms with van der Waals surface area (Å²) in [6.45, 7) is 2.10. The molecule has 4 rings (SSSR count). The van der Waals surface area contributed by atoms with Crippen LogP contribution in [0.3, 0.4) is 0 Å². The number of hydrogen-bond donors (Lipinski definition) is 0. The summed E-state index contributed by atoms with van der Waals surface area (Å²) in [4.78, 5) is 17.3. The second-order valence-corrected chi connectivity index (χ2v) is 6.42. The first kappa shape index (κ1) is 16.6. The highest BCUT2D eigenvalue weighted by atomic mass is 35.5. The van der Waals surface area contributed by atoms with Crippen molar-refractivity contribution in [3.63, 3.8) is 0 Å². The van der Waals surface area contributed by atoms with E-state index in [0.29, 0.717) is 22.1 Å². The highest BCUT2D eigenvalue weighted by Crippen LogP contribution is 2.33.